The maximum Gasteiger partial charge on any atom is 0.230 e. The monoisotopic (exact) mass is 265 g/mol. The minimum Gasteiger partial charge on any atom is -0.353 e. The van der Waals surface area contributed by atoms with E-state index in [9.17, 15) is 9.59 Å². The van der Waals surface area contributed by atoms with Crippen LogP contribution in [0.25, 0.3) is 0 Å². The molecule has 18 heavy (non-hydrogen) atoms. The number of ketones is 1. The van der Waals surface area contributed by atoms with Gasteiger partial charge in [-0.2, -0.15) is 0 Å². The molecule has 98 valence electrons. The first-order valence-corrected chi connectivity index (χ1v) is 7.04. The van der Waals surface area contributed by atoms with Gasteiger partial charge in [-0.05, 0) is 32.4 Å². The van der Waals surface area contributed by atoms with Crippen LogP contribution in [0.1, 0.15) is 37.6 Å². The normalized spacial score (nSPS) is 11.9. The first-order valence-electron chi connectivity index (χ1n) is 6.06. The molecule has 0 saturated carbocycles. The number of thioether (sulfide) groups is 1. The lowest BCUT2D eigenvalue weighted by Gasteiger charge is -2.10. The summed E-state index contributed by atoms with van der Waals surface area (Å²) in [4.78, 5) is 23.7. The molecule has 1 amide bonds. The van der Waals surface area contributed by atoms with Crippen molar-refractivity contribution in [3.8, 4) is 0 Å². The minimum absolute atomic E-state index is 0.0463. The van der Waals surface area contributed by atoms with Gasteiger partial charge in [0.1, 0.15) is 0 Å². The summed E-state index contributed by atoms with van der Waals surface area (Å²) in [6.07, 6.45) is 0.934. The van der Waals surface area contributed by atoms with Gasteiger partial charge in [0, 0.05) is 16.5 Å². The van der Waals surface area contributed by atoms with Crippen LogP contribution in [0.4, 0.5) is 0 Å². The highest BCUT2D eigenvalue weighted by atomic mass is 32.2. The number of amides is 1. The van der Waals surface area contributed by atoms with Gasteiger partial charge < -0.3 is 5.32 Å². The lowest BCUT2D eigenvalue weighted by atomic mass is 10.2. The minimum atomic E-state index is 0.0463. The first kappa shape index (κ1) is 14.8. The molecule has 0 aliphatic heterocycles. The molecule has 0 saturated heterocycles. The molecule has 1 N–H and O–H groups in total. The fourth-order valence-electron chi connectivity index (χ4n) is 1.35. The van der Waals surface area contributed by atoms with Crippen molar-refractivity contribution >= 4 is 23.5 Å². The highest BCUT2D eigenvalue weighted by Gasteiger charge is 2.06. The van der Waals surface area contributed by atoms with Crippen molar-refractivity contribution in [2.75, 3.05) is 5.75 Å². The standard InChI is InChI=1S/C14H19NO2S/c1-4-10(2)15-14(17)9-18-13-7-5-12(6-8-13)11(3)16/h5-8,10H,4,9H2,1-3H3,(H,15,17). The maximum absolute atomic E-state index is 11.6. The van der Waals surface area contributed by atoms with Crippen LogP contribution in [0.5, 0.6) is 0 Å². The van der Waals surface area contributed by atoms with Crippen LogP contribution in [0.3, 0.4) is 0 Å². The summed E-state index contributed by atoms with van der Waals surface area (Å²) in [5.74, 6) is 0.509. The highest BCUT2D eigenvalue weighted by molar-refractivity contribution is 8.00. The molecule has 0 bridgehead atoms. The van der Waals surface area contributed by atoms with E-state index in [0.29, 0.717) is 11.3 Å². The lowest BCUT2D eigenvalue weighted by molar-refractivity contribution is -0.119. The fraction of sp³-hybridized carbons (Fsp3) is 0.429. The van der Waals surface area contributed by atoms with Crippen LogP contribution in [0.15, 0.2) is 29.2 Å². The zero-order valence-electron chi connectivity index (χ0n) is 11.0. The Bertz CT molecular complexity index is 414. The van der Waals surface area contributed by atoms with E-state index in [0.717, 1.165) is 11.3 Å². The molecule has 0 aliphatic rings. The molecular formula is C14H19NO2S. The Kier molecular flexibility index (Phi) is 5.92. The lowest BCUT2D eigenvalue weighted by Crippen LogP contribution is -2.33. The SMILES string of the molecule is CCC(C)NC(=O)CSc1ccc(C(C)=O)cc1. The van der Waals surface area contributed by atoms with Crippen molar-refractivity contribution in [3.05, 3.63) is 29.8 Å². The zero-order valence-corrected chi connectivity index (χ0v) is 11.8. The number of carbonyl (C=O) groups excluding carboxylic acids is 2. The second kappa shape index (κ2) is 7.21. The van der Waals surface area contributed by atoms with E-state index in [1.54, 1.807) is 19.1 Å². The number of Topliss-reactive ketones (excluding diaryl/α,β-unsaturated/α-hetero) is 1. The Morgan fingerprint density at radius 3 is 2.39 bits per heavy atom. The Balaban J connectivity index is 2.44. The second-order valence-corrected chi connectivity index (χ2v) is 5.29. The van der Waals surface area contributed by atoms with Gasteiger partial charge in [0.2, 0.25) is 5.91 Å². The van der Waals surface area contributed by atoms with Crippen LogP contribution in [0.2, 0.25) is 0 Å². The van der Waals surface area contributed by atoms with Crippen LogP contribution in [-0.4, -0.2) is 23.5 Å². The van der Waals surface area contributed by atoms with Gasteiger partial charge in [0.15, 0.2) is 5.78 Å². The molecule has 4 heteroatoms. The molecule has 0 heterocycles. The third kappa shape index (κ3) is 4.92. The predicted octanol–water partition coefficient (Wildman–Crippen LogP) is 2.90. The van der Waals surface area contributed by atoms with Gasteiger partial charge in [-0.15, -0.1) is 11.8 Å². The Morgan fingerprint density at radius 1 is 1.28 bits per heavy atom. The largest absolute Gasteiger partial charge is 0.353 e. The van der Waals surface area contributed by atoms with E-state index in [1.165, 1.54) is 11.8 Å². The summed E-state index contributed by atoms with van der Waals surface area (Å²) >= 11 is 1.48. The topological polar surface area (TPSA) is 46.2 Å². The van der Waals surface area contributed by atoms with E-state index in [2.05, 4.69) is 5.32 Å². The quantitative estimate of drug-likeness (QED) is 0.635. The highest BCUT2D eigenvalue weighted by Crippen LogP contribution is 2.18. The van der Waals surface area contributed by atoms with Crippen molar-refractivity contribution in [2.45, 2.75) is 38.1 Å². The number of hydrogen-bond acceptors (Lipinski definition) is 3. The molecule has 1 aromatic rings. The van der Waals surface area contributed by atoms with Crippen LogP contribution >= 0.6 is 11.8 Å². The van der Waals surface area contributed by atoms with Crippen LogP contribution in [0, 0.1) is 0 Å². The Morgan fingerprint density at radius 2 is 1.89 bits per heavy atom. The Labute approximate surface area is 112 Å². The van der Waals surface area contributed by atoms with Crippen molar-refractivity contribution in [1.29, 1.82) is 0 Å². The molecule has 1 atom stereocenters. The Hall–Kier alpha value is -1.29. The number of benzene rings is 1. The summed E-state index contributed by atoms with van der Waals surface area (Å²) < 4.78 is 0. The average molecular weight is 265 g/mol. The van der Waals surface area contributed by atoms with Gasteiger partial charge in [0.25, 0.3) is 0 Å². The summed E-state index contributed by atoms with van der Waals surface area (Å²) in [5.41, 5.74) is 0.698. The molecule has 0 spiro atoms. The van der Waals surface area contributed by atoms with Gasteiger partial charge in [-0.3, -0.25) is 9.59 Å². The predicted molar refractivity (Wildman–Crippen MR) is 75.1 cm³/mol. The fourth-order valence-corrected chi connectivity index (χ4v) is 2.06. The van der Waals surface area contributed by atoms with Crippen molar-refractivity contribution < 1.29 is 9.59 Å². The molecule has 0 aromatic heterocycles. The number of carbonyl (C=O) groups is 2. The molecule has 1 rings (SSSR count). The summed E-state index contributed by atoms with van der Waals surface area (Å²) in [5, 5.41) is 2.92. The van der Waals surface area contributed by atoms with E-state index in [-0.39, 0.29) is 17.7 Å². The molecule has 1 aromatic carbocycles. The molecule has 0 aliphatic carbocycles. The van der Waals surface area contributed by atoms with Gasteiger partial charge in [-0.1, -0.05) is 19.1 Å². The summed E-state index contributed by atoms with van der Waals surface area (Å²) in [6, 6.07) is 7.54. The van der Waals surface area contributed by atoms with E-state index in [1.807, 2.05) is 26.0 Å². The first-order chi connectivity index (χ1) is 8.52. The van der Waals surface area contributed by atoms with E-state index >= 15 is 0 Å². The molecule has 3 nitrogen and oxygen atoms in total. The van der Waals surface area contributed by atoms with E-state index < -0.39 is 0 Å². The zero-order chi connectivity index (χ0) is 13.5. The molecule has 0 fully saturated rings. The molecular weight excluding hydrogens is 246 g/mol. The third-order valence-corrected chi connectivity index (χ3v) is 3.66. The second-order valence-electron chi connectivity index (χ2n) is 4.25. The molecule has 1 unspecified atom stereocenters. The number of rotatable bonds is 6. The maximum atomic E-state index is 11.6. The third-order valence-electron chi connectivity index (χ3n) is 2.65. The number of hydrogen-bond donors (Lipinski definition) is 1. The van der Waals surface area contributed by atoms with Crippen molar-refractivity contribution in [1.82, 2.24) is 5.32 Å². The summed E-state index contributed by atoms with van der Waals surface area (Å²) in [6.45, 7) is 5.57. The summed E-state index contributed by atoms with van der Waals surface area (Å²) in [7, 11) is 0. The van der Waals surface area contributed by atoms with E-state index in [4.69, 9.17) is 0 Å². The average Bonchev–Trinajstić information content (AvgIpc) is 2.36. The van der Waals surface area contributed by atoms with Crippen LogP contribution in [-0.2, 0) is 4.79 Å². The molecule has 0 radical (unpaired) electrons. The number of nitrogens with one attached hydrogen (secondary N) is 1. The van der Waals surface area contributed by atoms with Crippen LogP contribution < -0.4 is 5.32 Å². The van der Waals surface area contributed by atoms with Gasteiger partial charge >= 0.3 is 0 Å². The van der Waals surface area contributed by atoms with Crippen molar-refractivity contribution in [2.24, 2.45) is 0 Å². The van der Waals surface area contributed by atoms with Crippen molar-refractivity contribution in [3.63, 3.8) is 0 Å². The van der Waals surface area contributed by atoms with Gasteiger partial charge in [-0.25, -0.2) is 0 Å². The van der Waals surface area contributed by atoms with Gasteiger partial charge in [0.05, 0.1) is 5.75 Å². The smallest absolute Gasteiger partial charge is 0.230 e.